The Morgan fingerprint density at radius 1 is 1.06 bits per heavy atom. The van der Waals surface area contributed by atoms with E-state index in [2.05, 4.69) is 15.1 Å². The fraction of sp³-hybridized carbons (Fsp3) is 0.370. The van der Waals surface area contributed by atoms with Gasteiger partial charge in [-0.05, 0) is 49.9 Å². The molecule has 1 fully saturated rings. The number of hydrogen-bond donors (Lipinski definition) is 0. The maximum atomic E-state index is 14.9. The minimum absolute atomic E-state index is 0.0359. The molecule has 0 unspecified atom stereocenters. The average molecular weight is 510 g/mol. The molecule has 0 N–H and O–H groups in total. The third-order valence-electron chi connectivity index (χ3n) is 6.68. The van der Waals surface area contributed by atoms with Crippen LogP contribution in [0.15, 0.2) is 58.1 Å². The van der Waals surface area contributed by atoms with Gasteiger partial charge < -0.3 is 9.26 Å². The molecule has 0 amide bonds. The number of rotatable bonds is 6. The maximum absolute atomic E-state index is 14.9. The van der Waals surface area contributed by atoms with E-state index in [9.17, 15) is 12.8 Å². The number of hydrogen-bond acceptors (Lipinski definition) is 7. The summed E-state index contributed by atoms with van der Waals surface area (Å²) in [4.78, 5) is 9.00. The fourth-order valence-corrected chi connectivity index (χ4v) is 5.30. The molecule has 188 valence electrons. The molecule has 2 aromatic carbocycles. The number of halogens is 1. The minimum Gasteiger partial charge on any atom is -0.490 e. The van der Waals surface area contributed by atoms with E-state index >= 15 is 0 Å². The van der Waals surface area contributed by atoms with E-state index in [0.29, 0.717) is 28.3 Å². The Morgan fingerprint density at radius 3 is 2.50 bits per heavy atom. The molecule has 1 aliphatic rings. The zero-order chi connectivity index (χ0) is 25.4. The van der Waals surface area contributed by atoms with Gasteiger partial charge in [-0.15, -0.1) is 0 Å². The van der Waals surface area contributed by atoms with Gasteiger partial charge in [-0.1, -0.05) is 37.2 Å². The van der Waals surface area contributed by atoms with Crippen LogP contribution in [0, 0.1) is 5.82 Å². The lowest BCUT2D eigenvalue weighted by Gasteiger charge is -2.27. The standard InChI is InChI=1S/C27H28FN3O4S/c1-16(2)26-30-27(35-31-26)17-7-9-18(10-8-17)34-24-13-14-29-25-21(5-4-6-22(24)25)20-12-11-19(15-23(20)28)36(3,32)33/h4-6,11-18H,7-10H2,1-3H3. The first-order chi connectivity index (χ1) is 17.2. The molecule has 2 aromatic heterocycles. The third kappa shape index (κ3) is 4.84. The summed E-state index contributed by atoms with van der Waals surface area (Å²) >= 11 is 0. The van der Waals surface area contributed by atoms with Crippen LogP contribution in [0.25, 0.3) is 22.0 Å². The summed E-state index contributed by atoms with van der Waals surface area (Å²) in [7, 11) is -3.50. The van der Waals surface area contributed by atoms with Crippen molar-refractivity contribution in [2.45, 2.75) is 62.4 Å². The highest BCUT2D eigenvalue weighted by Gasteiger charge is 2.28. The van der Waals surface area contributed by atoms with Gasteiger partial charge in [-0.3, -0.25) is 4.98 Å². The second kappa shape index (κ2) is 9.61. The molecule has 0 aliphatic heterocycles. The van der Waals surface area contributed by atoms with E-state index in [0.717, 1.165) is 49.2 Å². The number of ether oxygens (including phenoxy) is 1. The van der Waals surface area contributed by atoms with Gasteiger partial charge in [-0.25, -0.2) is 12.8 Å². The molecular weight excluding hydrogens is 481 g/mol. The van der Waals surface area contributed by atoms with Crippen molar-refractivity contribution in [2.75, 3.05) is 6.26 Å². The Hall–Kier alpha value is -3.33. The predicted octanol–water partition coefficient (Wildman–Crippen LogP) is 6.06. The number of nitrogens with zero attached hydrogens (tertiary/aromatic N) is 3. The van der Waals surface area contributed by atoms with Crippen LogP contribution in [0.2, 0.25) is 0 Å². The lowest BCUT2D eigenvalue weighted by Crippen LogP contribution is -2.23. The fourth-order valence-electron chi connectivity index (χ4n) is 4.67. The largest absolute Gasteiger partial charge is 0.490 e. The third-order valence-corrected chi connectivity index (χ3v) is 7.79. The van der Waals surface area contributed by atoms with Crippen molar-refractivity contribution >= 4 is 20.7 Å². The van der Waals surface area contributed by atoms with Crippen molar-refractivity contribution in [3.8, 4) is 16.9 Å². The molecule has 7 nitrogen and oxygen atoms in total. The number of aromatic nitrogens is 3. The first-order valence-electron chi connectivity index (χ1n) is 12.1. The highest BCUT2D eigenvalue weighted by atomic mass is 32.2. The van der Waals surface area contributed by atoms with Gasteiger partial charge in [0.05, 0.1) is 16.5 Å². The summed E-state index contributed by atoms with van der Waals surface area (Å²) < 4.78 is 50.4. The van der Waals surface area contributed by atoms with Crippen LogP contribution in [0.4, 0.5) is 4.39 Å². The predicted molar refractivity (Wildman–Crippen MR) is 134 cm³/mol. The van der Waals surface area contributed by atoms with Crippen molar-refractivity contribution in [3.05, 3.63) is 66.2 Å². The van der Waals surface area contributed by atoms with E-state index in [1.807, 2.05) is 32.0 Å². The van der Waals surface area contributed by atoms with Crippen LogP contribution >= 0.6 is 0 Å². The summed E-state index contributed by atoms with van der Waals surface area (Å²) in [5.41, 5.74) is 1.47. The second-order valence-electron chi connectivity index (χ2n) is 9.66. The first-order valence-corrected chi connectivity index (χ1v) is 14.0. The van der Waals surface area contributed by atoms with Gasteiger partial charge in [0.2, 0.25) is 5.89 Å². The zero-order valence-corrected chi connectivity index (χ0v) is 21.3. The van der Waals surface area contributed by atoms with Crippen LogP contribution < -0.4 is 4.74 Å². The first kappa shape index (κ1) is 24.4. The Kier molecular flexibility index (Phi) is 6.51. The summed E-state index contributed by atoms with van der Waals surface area (Å²) in [5, 5.41) is 4.87. The molecule has 2 heterocycles. The van der Waals surface area contributed by atoms with Crippen LogP contribution in [0.3, 0.4) is 0 Å². The number of fused-ring (bicyclic) bond motifs is 1. The smallest absolute Gasteiger partial charge is 0.229 e. The Balaban J connectivity index is 1.36. The van der Waals surface area contributed by atoms with Gasteiger partial charge in [0.1, 0.15) is 11.6 Å². The van der Waals surface area contributed by atoms with E-state index in [4.69, 9.17) is 9.26 Å². The number of pyridine rings is 1. The molecule has 0 radical (unpaired) electrons. The monoisotopic (exact) mass is 509 g/mol. The van der Waals surface area contributed by atoms with E-state index in [1.54, 1.807) is 12.3 Å². The van der Waals surface area contributed by atoms with Crippen molar-refractivity contribution in [1.29, 1.82) is 0 Å². The van der Waals surface area contributed by atoms with Crippen molar-refractivity contribution < 1.29 is 22.1 Å². The lowest BCUT2D eigenvalue weighted by molar-refractivity contribution is 0.141. The molecule has 0 saturated heterocycles. The van der Waals surface area contributed by atoms with Gasteiger partial charge in [0.25, 0.3) is 0 Å². The number of para-hydroxylation sites is 1. The molecule has 4 aromatic rings. The molecule has 5 rings (SSSR count). The SMILES string of the molecule is CC(C)c1noc(C2CCC(Oc3ccnc4c(-c5ccc(S(C)(=O)=O)cc5F)cccc34)CC2)n1. The van der Waals surface area contributed by atoms with Gasteiger partial charge >= 0.3 is 0 Å². The van der Waals surface area contributed by atoms with Gasteiger partial charge in [0, 0.05) is 40.8 Å². The van der Waals surface area contributed by atoms with Gasteiger partial charge in [0.15, 0.2) is 15.7 Å². The molecule has 1 aliphatic carbocycles. The van der Waals surface area contributed by atoms with Crippen LogP contribution in [-0.2, 0) is 9.84 Å². The molecule has 1 saturated carbocycles. The zero-order valence-electron chi connectivity index (χ0n) is 20.4. The minimum atomic E-state index is -3.50. The summed E-state index contributed by atoms with van der Waals surface area (Å²) in [5.74, 6) is 2.00. The van der Waals surface area contributed by atoms with E-state index in [1.165, 1.54) is 12.1 Å². The Morgan fingerprint density at radius 2 is 1.83 bits per heavy atom. The Bertz CT molecular complexity index is 1510. The molecule has 0 spiro atoms. The van der Waals surface area contributed by atoms with Crippen LogP contribution in [0.5, 0.6) is 5.75 Å². The molecule has 9 heteroatoms. The molecule has 36 heavy (non-hydrogen) atoms. The number of sulfone groups is 1. The highest BCUT2D eigenvalue weighted by Crippen LogP contribution is 2.37. The van der Waals surface area contributed by atoms with E-state index < -0.39 is 15.7 Å². The second-order valence-corrected chi connectivity index (χ2v) is 11.7. The molecule has 0 atom stereocenters. The average Bonchev–Trinajstić information content (AvgIpc) is 3.35. The Labute approximate surface area is 209 Å². The van der Waals surface area contributed by atoms with Gasteiger partial charge in [-0.2, -0.15) is 4.98 Å². The number of benzene rings is 2. The van der Waals surface area contributed by atoms with Crippen molar-refractivity contribution in [1.82, 2.24) is 15.1 Å². The van der Waals surface area contributed by atoms with Crippen LogP contribution in [-0.4, -0.2) is 35.9 Å². The normalized spacial score (nSPS) is 18.6. The van der Waals surface area contributed by atoms with Crippen molar-refractivity contribution in [2.24, 2.45) is 0 Å². The van der Waals surface area contributed by atoms with Crippen LogP contribution in [0.1, 0.15) is 63.1 Å². The summed E-state index contributed by atoms with van der Waals surface area (Å²) in [6.45, 7) is 4.09. The quantitative estimate of drug-likeness (QED) is 0.312. The summed E-state index contributed by atoms with van der Waals surface area (Å²) in [6, 6.07) is 11.3. The van der Waals surface area contributed by atoms with Crippen molar-refractivity contribution in [3.63, 3.8) is 0 Å². The molecular formula is C27H28FN3O4S. The van der Waals surface area contributed by atoms with E-state index in [-0.39, 0.29) is 22.8 Å². The highest BCUT2D eigenvalue weighted by molar-refractivity contribution is 7.90. The topological polar surface area (TPSA) is 95.2 Å². The molecule has 0 bridgehead atoms. The maximum Gasteiger partial charge on any atom is 0.229 e. The summed E-state index contributed by atoms with van der Waals surface area (Å²) in [6.07, 6.45) is 6.26. The lowest BCUT2D eigenvalue weighted by atomic mass is 9.87.